The summed E-state index contributed by atoms with van der Waals surface area (Å²) < 4.78 is 44.0. The lowest BCUT2D eigenvalue weighted by atomic mass is 9.86. The van der Waals surface area contributed by atoms with Crippen molar-refractivity contribution >= 4 is 79.8 Å². The Balaban J connectivity index is 0.809. The summed E-state index contributed by atoms with van der Waals surface area (Å²) in [6.45, 7) is 13.6. The first-order valence-electron chi connectivity index (χ1n) is 23.5. The van der Waals surface area contributed by atoms with Crippen LogP contribution < -0.4 is 31.3 Å². The van der Waals surface area contributed by atoms with Crippen LogP contribution in [0.2, 0.25) is 5.02 Å². The molecule has 0 bridgehead atoms. The van der Waals surface area contributed by atoms with Crippen LogP contribution in [0.3, 0.4) is 0 Å². The molecule has 19 nitrogen and oxygen atoms in total. The van der Waals surface area contributed by atoms with Crippen molar-refractivity contribution in [3.8, 4) is 5.75 Å². The van der Waals surface area contributed by atoms with E-state index in [2.05, 4.69) is 54.4 Å². The van der Waals surface area contributed by atoms with Gasteiger partial charge in [-0.05, 0) is 120 Å². The molecule has 21 heteroatoms. The molecular weight excluding hydrogens is 942 g/mol. The van der Waals surface area contributed by atoms with Crippen LogP contribution in [0.1, 0.15) is 91.1 Å². The van der Waals surface area contributed by atoms with Gasteiger partial charge in [0.15, 0.2) is 15.7 Å². The minimum Gasteiger partial charge on any atom is -0.489 e. The average molecular weight is 1000 g/mol. The molecule has 3 aliphatic heterocycles. The zero-order valence-corrected chi connectivity index (χ0v) is 41.5. The van der Waals surface area contributed by atoms with Crippen LogP contribution in [-0.2, 0) is 33.7 Å². The van der Waals surface area contributed by atoms with Crippen LogP contribution in [0.5, 0.6) is 5.75 Å². The van der Waals surface area contributed by atoms with Crippen LogP contribution in [-0.4, -0.2) is 134 Å². The zero-order valence-electron chi connectivity index (χ0n) is 39.9. The Hall–Kier alpha value is -6.19. The average Bonchev–Trinajstić information content (AvgIpc) is 3.58. The number of carbonyl (C=O) groups excluding carboxylic acids is 5. The van der Waals surface area contributed by atoms with Gasteiger partial charge in [-0.15, -0.1) is 0 Å². The molecule has 2 fully saturated rings. The van der Waals surface area contributed by atoms with Crippen molar-refractivity contribution in [1.82, 2.24) is 30.4 Å². The molecule has 1 atom stereocenters. The summed E-state index contributed by atoms with van der Waals surface area (Å²) in [7, 11) is -3.59. The number of fused-ring (bicyclic) bond motifs is 1. The third-order valence-electron chi connectivity index (χ3n) is 12.2. The number of benzene rings is 3. The highest BCUT2D eigenvalue weighted by Crippen LogP contribution is 2.39. The highest BCUT2D eigenvalue weighted by molar-refractivity contribution is 7.92. The molecule has 4 aromatic rings. The Kier molecular flexibility index (Phi) is 17.1. The first-order valence-corrected chi connectivity index (χ1v) is 25.4. The lowest BCUT2D eigenvalue weighted by Crippen LogP contribution is -2.54. The van der Waals surface area contributed by atoms with Gasteiger partial charge in [0.1, 0.15) is 16.8 Å². The fraction of sp³-hybridized carbons (Fsp3) is 0.449. The Morgan fingerprint density at radius 3 is 2.34 bits per heavy atom. The summed E-state index contributed by atoms with van der Waals surface area (Å²) in [4.78, 5) is 75.4. The Bertz CT molecular complexity index is 2710. The first-order chi connectivity index (χ1) is 33.5. The Labute approximate surface area is 412 Å². The van der Waals surface area contributed by atoms with Gasteiger partial charge in [0.25, 0.3) is 11.8 Å². The number of nitrogens with one attached hydrogen (secondary N) is 5. The van der Waals surface area contributed by atoms with E-state index in [9.17, 15) is 32.4 Å². The fourth-order valence-electron chi connectivity index (χ4n) is 8.57. The van der Waals surface area contributed by atoms with Gasteiger partial charge >= 0.3 is 0 Å². The number of likely N-dealkylation sites (tertiary alicyclic amines) is 1. The third-order valence-corrected chi connectivity index (χ3v) is 14.7. The van der Waals surface area contributed by atoms with Crippen LogP contribution in [0, 0.1) is 6.92 Å². The number of piperidine rings is 2. The minimum absolute atomic E-state index is 0.0199. The van der Waals surface area contributed by atoms with Crippen molar-refractivity contribution in [3.05, 3.63) is 88.1 Å². The van der Waals surface area contributed by atoms with Crippen LogP contribution in [0.15, 0.2) is 65.7 Å². The van der Waals surface area contributed by atoms with Crippen molar-refractivity contribution in [2.24, 2.45) is 0 Å². The molecule has 0 radical (unpaired) electrons. The largest absolute Gasteiger partial charge is 0.489 e. The summed E-state index contributed by atoms with van der Waals surface area (Å²) in [5.41, 5.74) is 3.87. The van der Waals surface area contributed by atoms with E-state index in [4.69, 9.17) is 25.8 Å². The Morgan fingerprint density at radius 1 is 0.886 bits per heavy atom. The smallest absolute Gasteiger partial charge is 0.264 e. The standard InChI is InChI=1S/C49H60ClN9O10S/c1-29(2)69-40-26-34(31(5)25-38(40)55-49-53-27-35(50)45(57-49)54-36-10-6-7-12-41(36)70(65,66)30(3)4)32-15-18-58(19-16-32)20-22-68-24-23-67-21-17-51-43(61)28-52-37-11-8-9-33-44(37)48(64)59(47(33)63)39-13-14-42(60)56-46(39)62/h6-12,25-27,29-30,32,39,52H,13-24,28H2,1-5H3,(H,51,61)(H,56,60,62)(H2,53,54,55,57). The maximum atomic E-state index is 13.3. The van der Waals surface area contributed by atoms with E-state index in [1.54, 1.807) is 50.2 Å². The maximum Gasteiger partial charge on any atom is 0.264 e. The normalized spacial score (nSPS) is 16.7. The molecule has 5 N–H and O–H groups in total. The van der Waals surface area contributed by atoms with Crippen molar-refractivity contribution in [3.63, 3.8) is 0 Å². The number of aryl methyl sites for hydroxylation is 1. The van der Waals surface area contributed by atoms with E-state index < -0.39 is 44.8 Å². The van der Waals surface area contributed by atoms with Crippen LogP contribution >= 0.6 is 11.6 Å². The van der Waals surface area contributed by atoms with E-state index in [1.165, 1.54) is 17.8 Å². The molecule has 1 unspecified atom stereocenters. The number of nitrogens with zero attached hydrogens (tertiary/aromatic N) is 4. The number of aromatic nitrogens is 2. The number of rotatable bonds is 22. The highest BCUT2D eigenvalue weighted by Gasteiger charge is 2.45. The van der Waals surface area contributed by atoms with Gasteiger partial charge < -0.3 is 40.4 Å². The molecular formula is C49H60ClN9O10S. The molecule has 0 spiro atoms. The minimum atomic E-state index is -3.59. The SMILES string of the molecule is Cc1cc(Nc2ncc(Cl)c(Nc3ccccc3S(=O)(=O)C(C)C)n2)c(OC(C)C)cc1C1CCN(CCOCCOCCNC(=O)CNc2cccc3c2C(=O)N(C2CCC(=O)NC2=O)C3=O)CC1. The van der Waals surface area contributed by atoms with Crippen molar-refractivity contribution in [2.45, 2.75) is 88.5 Å². The van der Waals surface area contributed by atoms with Crippen LogP contribution in [0.4, 0.5) is 28.8 Å². The molecule has 4 heterocycles. The number of halogens is 1. The molecule has 70 heavy (non-hydrogen) atoms. The number of amides is 5. The van der Waals surface area contributed by atoms with E-state index in [1.807, 2.05) is 19.9 Å². The molecule has 0 saturated carbocycles. The monoisotopic (exact) mass is 1000 g/mol. The van der Waals surface area contributed by atoms with E-state index in [0.717, 1.165) is 42.9 Å². The van der Waals surface area contributed by atoms with Crippen molar-refractivity contribution in [1.29, 1.82) is 0 Å². The second kappa shape index (κ2) is 23.2. The molecule has 0 aliphatic carbocycles. The van der Waals surface area contributed by atoms with Gasteiger partial charge in [0.05, 0.1) is 77.9 Å². The van der Waals surface area contributed by atoms with E-state index in [-0.39, 0.29) is 77.4 Å². The highest BCUT2D eigenvalue weighted by atomic mass is 35.5. The number of anilines is 5. The number of hydrogen-bond acceptors (Lipinski definition) is 16. The van der Waals surface area contributed by atoms with Gasteiger partial charge in [0, 0.05) is 25.2 Å². The lowest BCUT2D eigenvalue weighted by Gasteiger charge is -2.33. The zero-order chi connectivity index (χ0) is 50.1. The maximum absolute atomic E-state index is 13.3. The number of hydrogen-bond donors (Lipinski definition) is 5. The predicted octanol–water partition coefficient (Wildman–Crippen LogP) is 5.74. The van der Waals surface area contributed by atoms with Crippen molar-refractivity contribution < 1.29 is 46.6 Å². The quantitative estimate of drug-likeness (QED) is 0.0466. The summed E-state index contributed by atoms with van der Waals surface area (Å²) in [5.74, 6) is -1.25. The first kappa shape index (κ1) is 51.7. The molecule has 3 aliphatic rings. The summed E-state index contributed by atoms with van der Waals surface area (Å²) >= 11 is 6.51. The van der Waals surface area contributed by atoms with Crippen LogP contribution in [0.25, 0.3) is 0 Å². The summed E-state index contributed by atoms with van der Waals surface area (Å²) in [6.07, 6.45) is 3.37. The number of ether oxygens (including phenoxy) is 3. The van der Waals surface area contributed by atoms with Gasteiger partial charge in [-0.1, -0.05) is 29.8 Å². The third kappa shape index (κ3) is 12.4. The summed E-state index contributed by atoms with van der Waals surface area (Å²) in [5, 5.41) is 13.9. The second-order valence-electron chi connectivity index (χ2n) is 17.8. The lowest BCUT2D eigenvalue weighted by molar-refractivity contribution is -0.136. The Morgan fingerprint density at radius 2 is 1.61 bits per heavy atom. The van der Waals surface area contributed by atoms with Crippen molar-refractivity contribution in [2.75, 3.05) is 75.1 Å². The van der Waals surface area contributed by atoms with Gasteiger partial charge in [0.2, 0.25) is 23.7 Å². The number of imide groups is 2. The number of para-hydroxylation sites is 1. The van der Waals surface area contributed by atoms with Gasteiger partial charge in [-0.25, -0.2) is 13.4 Å². The second-order valence-corrected chi connectivity index (χ2v) is 20.7. The number of carbonyl (C=O) groups is 5. The molecule has 3 aromatic carbocycles. The van der Waals surface area contributed by atoms with Gasteiger partial charge in [-0.3, -0.25) is 34.2 Å². The predicted molar refractivity (Wildman–Crippen MR) is 264 cm³/mol. The fourth-order valence-corrected chi connectivity index (χ4v) is 9.91. The summed E-state index contributed by atoms with van der Waals surface area (Å²) in [6, 6.07) is 14.4. The molecule has 5 amide bonds. The molecule has 2 saturated heterocycles. The molecule has 1 aromatic heterocycles. The topological polar surface area (TPSA) is 240 Å². The van der Waals surface area contributed by atoms with E-state index in [0.29, 0.717) is 48.6 Å². The molecule has 374 valence electrons. The molecule has 7 rings (SSSR count). The number of sulfone groups is 1. The van der Waals surface area contributed by atoms with E-state index >= 15 is 0 Å². The van der Waals surface area contributed by atoms with Gasteiger partial charge in [-0.2, -0.15) is 4.98 Å².